The molecule has 1 aromatic carbocycles. The third-order valence-electron chi connectivity index (χ3n) is 4.56. The molecule has 2 aliphatic carbocycles. The van der Waals surface area contributed by atoms with Gasteiger partial charge in [0, 0.05) is 0 Å². The second-order valence-corrected chi connectivity index (χ2v) is 6.12. The summed E-state index contributed by atoms with van der Waals surface area (Å²) < 4.78 is 0. The van der Waals surface area contributed by atoms with Gasteiger partial charge in [0.05, 0.1) is 5.38 Å². The van der Waals surface area contributed by atoms with Gasteiger partial charge in [-0.05, 0) is 49.5 Å². The van der Waals surface area contributed by atoms with E-state index in [4.69, 9.17) is 11.6 Å². The highest BCUT2D eigenvalue weighted by atomic mass is 35.5. The van der Waals surface area contributed by atoms with Crippen molar-refractivity contribution in [3.8, 4) is 0 Å². The van der Waals surface area contributed by atoms with E-state index in [1.807, 2.05) is 0 Å². The molecule has 0 heterocycles. The molecular weight excluding hydrogens is 216 g/mol. The first-order valence-electron chi connectivity index (χ1n) is 6.44. The molecule has 4 unspecified atom stereocenters. The number of benzene rings is 1. The first-order valence-corrected chi connectivity index (χ1v) is 6.88. The quantitative estimate of drug-likeness (QED) is 0.650. The topological polar surface area (TPSA) is 0 Å². The molecule has 16 heavy (non-hydrogen) atoms. The summed E-state index contributed by atoms with van der Waals surface area (Å²) >= 11 is 6.66. The minimum absolute atomic E-state index is 0.246. The van der Waals surface area contributed by atoms with Crippen LogP contribution in [0.15, 0.2) is 24.3 Å². The number of hydrogen-bond acceptors (Lipinski definition) is 0. The highest BCUT2D eigenvalue weighted by molar-refractivity contribution is 6.21. The molecule has 0 saturated heterocycles. The Bertz CT molecular complexity index is 368. The van der Waals surface area contributed by atoms with Crippen LogP contribution in [0.4, 0.5) is 0 Å². The van der Waals surface area contributed by atoms with Crippen molar-refractivity contribution in [3.63, 3.8) is 0 Å². The summed E-state index contributed by atoms with van der Waals surface area (Å²) in [5.74, 6) is 2.64. The second kappa shape index (κ2) is 4.07. The number of alkyl halides is 1. The molecule has 0 aliphatic heterocycles. The van der Waals surface area contributed by atoms with Gasteiger partial charge in [-0.25, -0.2) is 0 Å². The maximum atomic E-state index is 6.66. The number of halogens is 1. The molecule has 2 aliphatic rings. The van der Waals surface area contributed by atoms with Crippen LogP contribution in [0.3, 0.4) is 0 Å². The fourth-order valence-electron chi connectivity index (χ4n) is 3.65. The predicted octanol–water partition coefficient (Wildman–Crippen LogP) is 4.71. The van der Waals surface area contributed by atoms with Crippen LogP contribution in [0.25, 0.3) is 0 Å². The summed E-state index contributed by atoms with van der Waals surface area (Å²) in [4.78, 5) is 0. The Hall–Kier alpha value is -0.490. The molecule has 1 heteroatoms. The van der Waals surface area contributed by atoms with Crippen LogP contribution in [-0.2, 0) is 0 Å². The molecule has 0 amide bonds. The predicted molar refractivity (Wildman–Crippen MR) is 68.7 cm³/mol. The monoisotopic (exact) mass is 234 g/mol. The lowest BCUT2D eigenvalue weighted by Crippen LogP contribution is -2.15. The minimum Gasteiger partial charge on any atom is -0.118 e. The van der Waals surface area contributed by atoms with Crippen molar-refractivity contribution in [2.75, 3.05) is 0 Å². The van der Waals surface area contributed by atoms with Gasteiger partial charge < -0.3 is 0 Å². The van der Waals surface area contributed by atoms with E-state index in [2.05, 4.69) is 31.2 Å². The molecular formula is C15H19Cl. The van der Waals surface area contributed by atoms with Gasteiger partial charge in [0.1, 0.15) is 0 Å². The lowest BCUT2D eigenvalue weighted by Gasteiger charge is -2.26. The fraction of sp³-hybridized carbons (Fsp3) is 0.600. The van der Waals surface area contributed by atoms with Gasteiger partial charge in [-0.15, -0.1) is 11.6 Å². The van der Waals surface area contributed by atoms with E-state index in [9.17, 15) is 0 Å². The molecule has 1 aromatic rings. The summed E-state index contributed by atoms with van der Waals surface area (Å²) in [5.41, 5.74) is 2.64. The highest BCUT2D eigenvalue weighted by Crippen LogP contribution is 2.54. The van der Waals surface area contributed by atoms with Crippen LogP contribution in [0, 0.1) is 24.7 Å². The summed E-state index contributed by atoms with van der Waals surface area (Å²) in [6, 6.07) is 8.77. The van der Waals surface area contributed by atoms with Crippen LogP contribution in [0.5, 0.6) is 0 Å². The van der Waals surface area contributed by atoms with E-state index < -0.39 is 0 Å². The van der Waals surface area contributed by atoms with E-state index in [0.29, 0.717) is 0 Å². The average molecular weight is 235 g/mol. The molecule has 4 atom stereocenters. The minimum atomic E-state index is 0.246. The fourth-order valence-corrected chi connectivity index (χ4v) is 4.10. The Morgan fingerprint density at radius 1 is 1.12 bits per heavy atom. The van der Waals surface area contributed by atoms with Crippen molar-refractivity contribution in [1.82, 2.24) is 0 Å². The number of aryl methyl sites for hydroxylation is 1. The molecule has 2 fully saturated rings. The molecule has 86 valence electrons. The van der Waals surface area contributed by atoms with E-state index in [1.54, 1.807) is 0 Å². The van der Waals surface area contributed by atoms with E-state index in [1.165, 1.54) is 36.8 Å². The summed E-state index contributed by atoms with van der Waals surface area (Å²) in [5, 5.41) is 0.246. The maximum absolute atomic E-state index is 6.66. The van der Waals surface area contributed by atoms with Crippen LogP contribution in [0.2, 0.25) is 0 Å². The van der Waals surface area contributed by atoms with Crippen molar-refractivity contribution >= 4 is 11.6 Å². The molecule has 2 bridgehead atoms. The van der Waals surface area contributed by atoms with Gasteiger partial charge in [-0.1, -0.05) is 36.2 Å². The van der Waals surface area contributed by atoms with Gasteiger partial charge in [0.25, 0.3) is 0 Å². The summed E-state index contributed by atoms with van der Waals surface area (Å²) in [6.45, 7) is 2.13. The van der Waals surface area contributed by atoms with Crippen molar-refractivity contribution in [2.45, 2.75) is 38.0 Å². The van der Waals surface area contributed by atoms with Crippen molar-refractivity contribution < 1.29 is 0 Å². The van der Waals surface area contributed by atoms with Gasteiger partial charge in [0.2, 0.25) is 0 Å². The maximum Gasteiger partial charge on any atom is 0.0616 e. The van der Waals surface area contributed by atoms with Gasteiger partial charge >= 0.3 is 0 Å². The summed E-state index contributed by atoms with van der Waals surface area (Å²) in [6.07, 6.45) is 5.69. The van der Waals surface area contributed by atoms with Crippen molar-refractivity contribution in [3.05, 3.63) is 35.4 Å². The standard InChI is InChI=1S/C15H19Cl/c1-10-2-5-12(6-3-10)15(16)14-9-11-4-7-13(14)8-11/h2-3,5-6,11,13-15H,4,7-9H2,1H3. The third-order valence-corrected chi connectivity index (χ3v) is 5.14. The summed E-state index contributed by atoms with van der Waals surface area (Å²) in [7, 11) is 0. The Kier molecular flexibility index (Phi) is 2.71. The normalized spacial score (nSPS) is 34.2. The Morgan fingerprint density at radius 2 is 1.88 bits per heavy atom. The molecule has 0 radical (unpaired) electrons. The average Bonchev–Trinajstić information content (AvgIpc) is 2.91. The Morgan fingerprint density at radius 3 is 2.44 bits per heavy atom. The highest BCUT2D eigenvalue weighted by Gasteiger charge is 2.42. The van der Waals surface area contributed by atoms with Crippen LogP contribution >= 0.6 is 11.6 Å². The zero-order valence-corrected chi connectivity index (χ0v) is 10.6. The first-order chi connectivity index (χ1) is 7.74. The largest absolute Gasteiger partial charge is 0.118 e. The van der Waals surface area contributed by atoms with Crippen LogP contribution in [-0.4, -0.2) is 0 Å². The first kappa shape index (κ1) is 10.7. The molecule has 2 saturated carbocycles. The number of fused-ring (bicyclic) bond motifs is 2. The SMILES string of the molecule is Cc1ccc(C(Cl)C2CC3CCC2C3)cc1. The smallest absolute Gasteiger partial charge is 0.0616 e. The Balaban J connectivity index is 1.77. The molecule has 0 aromatic heterocycles. The van der Waals surface area contributed by atoms with E-state index in [-0.39, 0.29) is 5.38 Å². The Labute approximate surface area is 103 Å². The van der Waals surface area contributed by atoms with Gasteiger partial charge in [-0.3, -0.25) is 0 Å². The lowest BCUT2D eigenvalue weighted by molar-refractivity contribution is 0.323. The van der Waals surface area contributed by atoms with E-state index in [0.717, 1.165) is 17.8 Å². The zero-order valence-electron chi connectivity index (χ0n) is 9.83. The molecule has 0 nitrogen and oxygen atoms in total. The van der Waals surface area contributed by atoms with Crippen LogP contribution < -0.4 is 0 Å². The van der Waals surface area contributed by atoms with Gasteiger partial charge in [0.15, 0.2) is 0 Å². The van der Waals surface area contributed by atoms with Crippen LogP contribution in [0.1, 0.15) is 42.2 Å². The lowest BCUT2D eigenvalue weighted by atomic mass is 9.84. The molecule has 3 rings (SSSR count). The molecule has 0 N–H and O–H groups in total. The number of rotatable bonds is 2. The third kappa shape index (κ3) is 1.78. The van der Waals surface area contributed by atoms with Crippen molar-refractivity contribution in [1.29, 1.82) is 0 Å². The molecule has 0 spiro atoms. The second-order valence-electron chi connectivity index (χ2n) is 5.65. The number of hydrogen-bond donors (Lipinski definition) is 0. The van der Waals surface area contributed by atoms with Gasteiger partial charge in [-0.2, -0.15) is 0 Å². The van der Waals surface area contributed by atoms with E-state index >= 15 is 0 Å². The van der Waals surface area contributed by atoms with Crippen molar-refractivity contribution in [2.24, 2.45) is 17.8 Å². The zero-order chi connectivity index (χ0) is 11.1.